The Balaban J connectivity index is 1.78. The molecule has 0 unspecified atom stereocenters. The molecule has 0 amide bonds. The third-order valence-corrected chi connectivity index (χ3v) is 3.43. The minimum atomic E-state index is 0.274. The summed E-state index contributed by atoms with van der Waals surface area (Å²) in [5, 5.41) is 7.52. The Bertz CT molecular complexity index is 546. The first-order chi connectivity index (χ1) is 9.33. The van der Waals surface area contributed by atoms with Crippen molar-refractivity contribution in [2.75, 3.05) is 13.1 Å². The average Bonchev–Trinajstić information content (AvgIpc) is 2.86. The van der Waals surface area contributed by atoms with Gasteiger partial charge in [0.25, 0.3) is 0 Å². The number of piperidine rings is 1. The second-order valence-electron chi connectivity index (χ2n) is 4.79. The second kappa shape index (κ2) is 5.40. The van der Waals surface area contributed by atoms with E-state index in [0.29, 0.717) is 5.88 Å². The standard InChI is InChI=1S/C14H18N4O/c1-18-13(5-9-17-18)11-2-8-16-14(10-11)19-12-3-6-15-7-4-12/h2,5,8-10,12,15H,3-4,6-7H2,1H3. The highest BCUT2D eigenvalue weighted by Crippen LogP contribution is 2.22. The molecule has 100 valence electrons. The van der Waals surface area contributed by atoms with E-state index in [0.717, 1.165) is 37.2 Å². The van der Waals surface area contributed by atoms with E-state index in [4.69, 9.17) is 4.74 Å². The number of hydrogen-bond donors (Lipinski definition) is 1. The lowest BCUT2D eigenvalue weighted by Gasteiger charge is -2.23. The SMILES string of the molecule is Cn1nccc1-c1ccnc(OC2CCNCC2)c1. The molecular weight excluding hydrogens is 240 g/mol. The smallest absolute Gasteiger partial charge is 0.214 e. The van der Waals surface area contributed by atoms with Crippen molar-refractivity contribution < 1.29 is 4.74 Å². The summed E-state index contributed by atoms with van der Waals surface area (Å²) in [5.74, 6) is 0.700. The zero-order valence-corrected chi connectivity index (χ0v) is 11.0. The van der Waals surface area contributed by atoms with Gasteiger partial charge in [-0.1, -0.05) is 0 Å². The molecule has 3 heterocycles. The minimum Gasteiger partial charge on any atom is -0.474 e. The molecule has 1 fully saturated rings. The third-order valence-electron chi connectivity index (χ3n) is 3.43. The summed E-state index contributed by atoms with van der Waals surface area (Å²) in [4.78, 5) is 4.30. The van der Waals surface area contributed by atoms with Crippen LogP contribution in [0.5, 0.6) is 5.88 Å². The summed E-state index contributed by atoms with van der Waals surface area (Å²) in [5.41, 5.74) is 2.15. The van der Waals surface area contributed by atoms with Crippen LogP contribution in [0.4, 0.5) is 0 Å². The van der Waals surface area contributed by atoms with E-state index in [1.807, 2.05) is 29.9 Å². The summed E-state index contributed by atoms with van der Waals surface area (Å²) in [6.07, 6.45) is 5.94. The van der Waals surface area contributed by atoms with Gasteiger partial charge in [-0.25, -0.2) is 4.98 Å². The number of hydrogen-bond acceptors (Lipinski definition) is 4. The van der Waals surface area contributed by atoms with E-state index in [1.165, 1.54) is 0 Å². The van der Waals surface area contributed by atoms with Crippen LogP contribution < -0.4 is 10.1 Å². The van der Waals surface area contributed by atoms with Crippen molar-refractivity contribution in [3.63, 3.8) is 0 Å². The fourth-order valence-electron chi connectivity index (χ4n) is 2.37. The van der Waals surface area contributed by atoms with Gasteiger partial charge in [0, 0.05) is 31.1 Å². The van der Waals surface area contributed by atoms with E-state index in [9.17, 15) is 0 Å². The van der Waals surface area contributed by atoms with Gasteiger partial charge in [0.2, 0.25) is 5.88 Å². The van der Waals surface area contributed by atoms with E-state index in [1.54, 1.807) is 12.4 Å². The normalized spacial score (nSPS) is 16.5. The Kier molecular flexibility index (Phi) is 3.46. The molecule has 0 aliphatic carbocycles. The van der Waals surface area contributed by atoms with Crippen molar-refractivity contribution in [2.24, 2.45) is 7.05 Å². The lowest BCUT2D eigenvalue weighted by Crippen LogP contribution is -2.34. The van der Waals surface area contributed by atoms with Gasteiger partial charge < -0.3 is 10.1 Å². The molecule has 3 rings (SSSR count). The van der Waals surface area contributed by atoms with Crippen LogP contribution in [0.3, 0.4) is 0 Å². The zero-order valence-electron chi connectivity index (χ0n) is 11.0. The van der Waals surface area contributed by atoms with E-state index < -0.39 is 0 Å². The molecule has 1 aliphatic heterocycles. The number of rotatable bonds is 3. The molecule has 2 aromatic rings. The summed E-state index contributed by atoms with van der Waals surface area (Å²) in [6, 6.07) is 5.95. The molecule has 19 heavy (non-hydrogen) atoms. The quantitative estimate of drug-likeness (QED) is 0.909. The Labute approximate surface area is 112 Å². The minimum absolute atomic E-state index is 0.274. The maximum absolute atomic E-state index is 5.95. The Hall–Kier alpha value is -1.88. The van der Waals surface area contributed by atoms with Crippen LogP contribution in [-0.4, -0.2) is 34.0 Å². The molecule has 1 N–H and O–H groups in total. The van der Waals surface area contributed by atoms with Crippen LogP contribution in [0.15, 0.2) is 30.6 Å². The molecular formula is C14H18N4O. The lowest BCUT2D eigenvalue weighted by atomic mass is 10.1. The Morgan fingerprint density at radius 2 is 2.11 bits per heavy atom. The molecule has 1 aliphatic rings. The molecule has 0 aromatic carbocycles. The molecule has 0 radical (unpaired) electrons. The highest BCUT2D eigenvalue weighted by molar-refractivity contribution is 5.59. The molecule has 5 heteroatoms. The van der Waals surface area contributed by atoms with Gasteiger partial charge in [-0.3, -0.25) is 4.68 Å². The average molecular weight is 258 g/mol. The van der Waals surface area contributed by atoms with Crippen LogP contribution in [0.1, 0.15) is 12.8 Å². The summed E-state index contributed by atoms with van der Waals surface area (Å²) >= 11 is 0. The van der Waals surface area contributed by atoms with Gasteiger partial charge in [0.05, 0.1) is 5.69 Å². The lowest BCUT2D eigenvalue weighted by molar-refractivity contribution is 0.156. The highest BCUT2D eigenvalue weighted by Gasteiger charge is 2.15. The molecule has 0 atom stereocenters. The van der Waals surface area contributed by atoms with Crippen LogP contribution in [0.2, 0.25) is 0 Å². The van der Waals surface area contributed by atoms with Crippen molar-refractivity contribution in [1.82, 2.24) is 20.1 Å². The Morgan fingerprint density at radius 1 is 1.26 bits per heavy atom. The first-order valence-corrected chi connectivity index (χ1v) is 6.65. The zero-order chi connectivity index (χ0) is 13.1. The monoisotopic (exact) mass is 258 g/mol. The van der Waals surface area contributed by atoms with E-state index in [-0.39, 0.29) is 6.10 Å². The third kappa shape index (κ3) is 2.76. The summed E-state index contributed by atoms with van der Waals surface area (Å²) < 4.78 is 7.80. The van der Waals surface area contributed by atoms with Crippen molar-refractivity contribution >= 4 is 0 Å². The van der Waals surface area contributed by atoms with Crippen LogP contribution >= 0.6 is 0 Å². The fourth-order valence-corrected chi connectivity index (χ4v) is 2.37. The van der Waals surface area contributed by atoms with Gasteiger partial charge in [0.15, 0.2) is 0 Å². The first kappa shape index (κ1) is 12.2. The molecule has 0 spiro atoms. The molecule has 0 bridgehead atoms. The number of pyridine rings is 1. The second-order valence-corrected chi connectivity index (χ2v) is 4.79. The maximum Gasteiger partial charge on any atom is 0.214 e. The molecule has 5 nitrogen and oxygen atoms in total. The van der Waals surface area contributed by atoms with Gasteiger partial charge >= 0.3 is 0 Å². The maximum atomic E-state index is 5.95. The van der Waals surface area contributed by atoms with Crippen LogP contribution in [-0.2, 0) is 7.05 Å². The predicted molar refractivity (Wildman–Crippen MR) is 73.0 cm³/mol. The number of aromatic nitrogens is 3. The predicted octanol–water partition coefficient (Wildman–Crippen LogP) is 1.61. The summed E-state index contributed by atoms with van der Waals surface area (Å²) in [6.45, 7) is 2.04. The van der Waals surface area contributed by atoms with E-state index >= 15 is 0 Å². The molecule has 2 aromatic heterocycles. The number of aryl methyl sites for hydroxylation is 1. The van der Waals surface area contributed by atoms with Gasteiger partial charge in [-0.2, -0.15) is 5.10 Å². The first-order valence-electron chi connectivity index (χ1n) is 6.65. The van der Waals surface area contributed by atoms with Crippen molar-refractivity contribution in [3.05, 3.63) is 30.6 Å². The van der Waals surface area contributed by atoms with Gasteiger partial charge in [0.1, 0.15) is 6.10 Å². The topological polar surface area (TPSA) is 52.0 Å². The summed E-state index contributed by atoms with van der Waals surface area (Å²) in [7, 11) is 1.93. The van der Waals surface area contributed by atoms with Crippen molar-refractivity contribution in [3.8, 4) is 17.1 Å². The van der Waals surface area contributed by atoms with E-state index in [2.05, 4.69) is 15.4 Å². The largest absolute Gasteiger partial charge is 0.474 e. The van der Waals surface area contributed by atoms with Gasteiger partial charge in [-0.05, 0) is 38.1 Å². The van der Waals surface area contributed by atoms with Gasteiger partial charge in [-0.15, -0.1) is 0 Å². The van der Waals surface area contributed by atoms with Crippen LogP contribution in [0, 0.1) is 0 Å². The number of nitrogens with one attached hydrogen (secondary N) is 1. The van der Waals surface area contributed by atoms with Crippen molar-refractivity contribution in [2.45, 2.75) is 18.9 Å². The molecule has 0 saturated carbocycles. The van der Waals surface area contributed by atoms with Crippen molar-refractivity contribution in [1.29, 1.82) is 0 Å². The van der Waals surface area contributed by atoms with Crippen LogP contribution in [0.25, 0.3) is 11.3 Å². The number of nitrogens with zero attached hydrogens (tertiary/aromatic N) is 3. The fraction of sp³-hybridized carbons (Fsp3) is 0.429. The highest BCUT2D eigenvalue weighted by atomic mass is 16.5. The molecule has 1 saturated heterocycles. The Morgan fingerprint density at radius 3 is 2.84 bits per heavy atom. The number of ether oxygens (including phenoxy) is 1.